The van der Waals surface area contributed by atoms with Crippen molar-refractivity contribution in [2.45, 2.75) is 50.3 Å². The molecular weight excluding hydrogens is 431 g/mol. The normalized spacial score (nSPS) is 18.2. The largest absolute Gasteiger partial charge is 0.481 e. The van der Waals surface area contributed by atoms with Gasteiger partial charge < -0.3 is 20.1 Å². The van der Waals surface area contributed by atoms with E-state index in [9.17, 15) is 22.8 Å². The van der Waals surface area contributed by atoms with Gasteiger partial charge in [-0.1, -0.05) is 0 Å². The number of methoxy groups -OCH3 is 1. The molecule has 2 aromatic heterocycles. The first-order valence-electron chi connectivity index (χ1n) is 10.1. The van der Waals surface area contributed by atoms with E-state index in [1.165, 1.54) is 7.11 Å². The Labute approximate surface area is 182 Å². The van der Waals surface area contributed by atoms with Crippen LogP contribution in [0.5, 0.6) is 5.88 Å². The van der Waals surface area contributed by atoms with E-state index in [0.717, 1.165) is 11.3 Å². The molecular formula is C20H24F3N5O4. The number of nitrogens with zero attached hydrogens (tertiary/aromatic N) is 2. The number of hydrogen-bond acceptors (Lipinski definition) is 6. The molecule has 1 aliphatic carbocycles. The Balaban J connectivity index is 1.44. The van der Waals surface area contributed by atoms with Crippen molar-refractivity contribution in [2.75, 3.05) is 19.0 Å². The minimum Gasteiger partial charge on any atom is -0.481 e. The van der Waals surface area contributed by atoms with E-state index >= 15 is 0 Å². The summed E-state index contributed by atoms with van der Waals surface area (Å²) in [5.41, 5.74) is 1.53. The second-order valence-corrected chi connectivity index (χ2v) is 7.47. The lowest BCUT2D eigenvalue weighted by Crippen LogP contribution is -2.31. The molecule has 12 heteroatoms. The van der Waals surface area contributed by atoms with Crippen LogP contribution in [0.25, 0.3) is 0 Å². The average molecular weight is 455 g/mol. The molecule has 2 aromatic rings. The number of hydrogen-bond donors (Lipinski definition) is 3. The van der Waals surface area contributed by atoms with Crippen molar-refractivity contribution in [1.29, 1.82) is 0 Å². The highest BCUT2D eigenvalue weighted by Gasteiger charge is 2.31. The van der Waals surface area contributed by atoms with Crippen molar-refractivity contribution < 1.29 is 32.2 Å². The summed E-state index contributed by atoms with van der Waals surface area (Å²) in [6.45, 7) is -0.519. The molecule has 0 saturated heterocycles. The molecule has 1 aliphatic rings. The lowest BCUT2D eigenvalue weighted by molar-refractivity contribution is -0.133. The van der Waals surface area contributed by atoms with Gasteiger partial charge in [-0.3, -0.25) is 9.89 Å². The Morgan fingerprint density at radius 3 is 2.84 bits per heavy atom. The van der Waals surface area contributed by atoms with E-state index in [0.29, 0.717) is 31.0 Å². The van der Waals surface area contributed by atoms with E-state index in [4.69, 9.17) is 9.47 Å². The highest BCUT2D eigenvalue weighted by Crippen LogP contribution is 2.35. The minimum absolute atomic E-state index is 0.0330. The van der Waals surface area contributed by atoms with Gasteiger partial charge in [0.15, 0.2) is 5.82 Å². The number of rotatable bonds is 8. The maximum absolute atomic E-state index is 12.3. The molecule has 2 atom stereocenters. The molecule has 0 radical (unpaired) electrons. The zero-order chi connectivity index (χ0) is 23.1. The van der Waals surface area contributed by atoms with Crippen molar-refractivity contribution in [1.82, 2.24) is 20.5 Å². The van der Waals surface area contributed by atoms with Gasteiger partial charge in [-0.05, 0) is 30.9 Å². The van der Waals surface area contributed by atoms with Gasteiger partial charge in [0, 0.05) is 36.5 Å². The third-order valence-corrected chi connectivity index (χ3v) is 5.01. The molecule has 1 fully saturated rings. The van der Waals surface area contributed by atoms with Crippen LogP contribution >= 0.6 is 0 Å². The van der Waals surface area contributed by atoms with E-state index in [2.05, 4.69) is 25.8 Å². The number of ether oxygens (including phenoxy) is 2. The second kappa shape index (κ2) is 10.3. The number of pyridine rings is 1. The monoisotopic (exact) mass is 455 g/mol. The van der Waals surface area contributed by atoms with Crippen molar-refractivity contribution in [3.8, 4) is 5.88 Å². The predicted octanol–water partition coefficient (Wildman–Crippen LogP) is 3.31. The summed E-state index contributed by atoms with van der Waals surface area (Å²) < 4.78 is 46.6. The van der Waals surface area contributed by atoms with E-state index in [1.807, 2.05) is 0 Å². The van der Waals surface area contributed by atoms with Crippen molar-refractivity contribution in [3.05, 3.63) is 35.7 Å². The number of carbonyl (C=O) groups excluding carboxylic acids is 2. The van der Waals surface area contributed by atoms with Crippen molar-refractivity contribution >= 4 is 17.8 Å². The molecule has 0 aromatic carbocycles. The van der Waals surface area contributed by atoms with Gasteiger partial charge in [0.2, 0.25) is 11.8 Å². The topological polar surface area (TPSA) is 118 Å². The number of halogens is 3. The molecule has 2 amide bonds. The molecule has 1 saturated carbocycles. The smallest absolute Gasteiger partial charge is 0.407 e. The number of H-pyrrole nitrogens is 1. The van der Waals surface area contributed by atoms with Crippen LogP contribution in [0.2, 0.25) is 0 Å². The zero-order valence-corrected chi connectivity index (χ0v) is 17.4. The van der Waals surface area contributed by atoms with Crippen LogP contribution in [-0.2, 0) is 16.0 Å². The Bertz CT molecular complexity index is 934. The Kier molecular flexibility index (Phi) is 7.54. The molecule has 3 N–H and O–H groups in total. The van der Waals surface area contributed by atoms with Crippen LogP contribution in [0, 0.1) is 0 Å². The number of carbonyl (C=O) groups is 2. The Morgan fingerprint density at radius 2 is 2.09 bits per heavy atom. The lowest BCUT2D eigenvalue weighted by atomic mass is 10.0. The molecule has 2 heterocycles. The van der Waals surface area contributed by atoms with E-state index in [-0.39, 0.29) is 18.2 Å². The maximum atomic E-state index is 12.3. The number of anilines is 1. The zero-order valence-electron chi connectivity index (χ0n) is 17.4. The summed E-state index contributed by atoms with van der Waals surface area (Å²) in [6, 6.07) is 5.12. The maximum Gasteiger partial charge on any atom is 0.407 e. The molecule has 1 unspecified atom stereocenters. The highest BCUT2D eigenvalue weighted by atomic mass is 19.4. The predicted molar refractivity (Wildman–Crippen MR) is 107 cm³/mol. The number of aromatic amines is 1. The summed E-state index contributed by atoms with van der Waals surface area (Å²) in [6.07, 6.45) is -3.18. The van der Waals surface area contributed by atoms with Crippen LogP contribution < -0.4 is 15.4 Å². The highest BCUT2D eigenvalue weighted by molar-refractivity contribution is 5.91. The molecule has 174 valence electrons. The van der Waals surface area contributed by atoms with Gasteiger partial charge in [-0.2, -0.15) is 18.3 Å². The third-order valence-electron chi connectivity index (χ3n) is 5.01. The van der Waals surface area contributed by atoms with Crippen LogP contribution in [0.4, 0.5) is 23.8 Å². The average Bonchev–Trinajstić information content (AvgIpc) is 3.36. The summed E-state index contributed by atoms with van der Waals surface area (Å²) in [5.74, 6) is 0.578. The fourth-order valence-corrected chi connectivity index (χ4v) is 3.48. The number of nitrogens with one attached hydrogen (secondary N) is 3. The van der Waals surface area contributed by atoms with Crippen LogP contribution in [0.1, 0.15) is 42.9 Å². The quantitative estimate of drug-likeness (QED) is 0.562. The number of amides is 2. The van der Waals surface area contributed by atoms with Gasteiger partial charge >= 0.3 is 12.3 Å². The first-order chi connectivity index (χ1) is 15.2. The summed E-state index contributed by atoms with van der Waals surface area (Å²) >= 11 is 0. The van der Waals surface area contributed by atoms with Crippen LogP contribution in [0.15, 0.2) is 24.4 Å². The molecule has 0 aliphatic heterocycles. The molecule has 0 bridgehead atoms. The molecule has 9 nitrogen and oxygen atoms in total. The number of alkyl halides is 3. The third kappa shape index (κ3) is 7.13. The standard InChI is InChI=1S/C20H24F3N5O4/c1-31-18-9-12(4-6-24-18)8-17(29)26-16-11-15(27-28-16)13-2-3-14(10-13)32-19(30)25-7-5-20(21,22)23/h4,6,9,11,13-14H,2-3,5,7-8,10H2,1H3,(H,25,30)(H2,26,27,28,29)/t13-,14?/m0/s1. The molecule has 0 spiro atoms. The fraction of sp³-hybridized carbons (Fsp3) is 0.500. The van der Waals surface area contributed by atoms with Gasteiger partial charge in [-0.25, -0.2) is 9.78 Å². The summed E-state index contributed by atoms with van der Waals surface area (Å²) in [4.78, 5) is 27.9. The number of alkyl carbamates (subject to hydrolysis) is 1. The van der Waals surface area contributed by atoms with E-state index in [1.54, 1.807) is 24.4 Å². The molecule has 3 rings (SSSR count). The minimum atomic E-state index is -4.33. The second-order valence-electron chi connectivity index (χ2n) is 7.47. The Morgan fingerprint density at radius 1 is 1.28 bits per heavy atom. The lowest BCUT2D eigenvalue weighted by Gasteiger charge is -2.13. The van der Waals surface area contributed by atoms with Crippen molar-refractivity contribution in [2.24, 2.45) is 0 Å². The first-order valence-corrected chi connectivity index (χ1v) is 10.1. The van der Waals surface area contributed by atoms with Gasteiger partial charge in [0.05, 0.1) is 20.0 Å². The van der Waals surface area contributed by atoms with Gasteiger partial charge in [-0.15, -0.1) is 0 Å². The van der Waals surface area contributed by atoms with Crippen LogP contribution in [-0.4, -0.2) is 53.1 Å². The fourth-order valence-electron chi connectivity index (χ4n) is 3.48. The van der Waals surface area contributed by atoms with Crippen molar-refractivity contribution in [3.63, 3.8) is 0 Å². The van der Waals surface area contributed by atoms with Crippen LogP contribution in [0.3, 0.4) is 0 Å². The van der Waals surface area contributed by atoms with Gasteiger partial charge in [0.25, 0.3) is 0 Å². The van der Waals surface area contributed by atoms with E-state index < -0.39 is 31.3 Å². The molecule has 32 heavy (non-hydrogen) atoms. The summed E-state index contributed by atoms with van der Waals surface area (Å²) in [5, 5.41) is 11.8. The summed E-state index contributed by atoms with van der Waals surface area (Å²) in [7, 11) is 1.50. The van der Waals surface area contributed by atoms with Gasteiger partial charge in [0.1, 0.15) is 6.10 Å². The first kappa shape index (κ1) is 23.4. The Hall–Kier alpha value is -3.31. The number of aromatic nitrogens is 3. The SMILES string of the molecule is COc1cc(CC(=O)Nc2cc([C@H]3CCC(OC(=O)NCCC(F)(F)F)C3)[nH]n2)ccn1.